The lowest BCUT2D eigenvalue weighted by Crippen LogP contribution is -2.14. The van der Waals surface area contributed by atoms with Gasteiger partial charge in [0.1, 0.15) is 6.61 Å². The highest BCUT2D eigenvalue weighted by Gasteiger charge is 2.61. The van der Waals surface area contributed by atoms with E-state index in [-0.39, 0.29) is 17.8 Å². The average Bonchev–Trinajstić information content (AvgIpc) is 3.07. The normalized spacial score (nSPS) is 22.0. The van der Waals surface area contributed by atoms with E-state index in [0.717, 1.165) is 0 Å². The first-order valence-electron chi connectivity index (χ1n) is 7.81. The van der Waals surface area contributed by atoms with Crippen LogP contribution in [0.3, 0.4) is 0 Å². The van der Waals surface area contributed by atoms with Crippen molar-refractivity contribution in [2.75, 3.05) is 0 Å². The van der Waals surface area contributed by atoms with Crippen LogP contribution in [0.15, 0.2) is 12.2 Å². The van der Waals surface area contributed by atoms with Gasteiger partial charge >= 0.3 is 5.97 Å². The molecule has 0 radical (unpaired) electrons. The quantitative estimate of drug-likeness (QED) is 0.335. The summed E-state index contributed by atoms with van der Waals surface area (Å²) in [5.74, 6) is -7.02. The Morgan fingerprint density at radius 1 is 1.08 bits per heavy atom. The van der Waals surface area contributed by atoms with E-state index in [2.05, 4.69) is 0 Å². The van der Waals surface area contributed by atoms with Crippen LogP contribution in [-0.4, -0.2) is 5.97 Å². The molecule has 132 valence electrons. The molecule has 1 aliphatic rings. The number of carbonyl (C=O) groups is 1. The molecule has 1 aromatic carbocycles. The number of ether oxygens (including phenoxy) is 1. The van der Waals surface area contributed by atoms with Gasteiger partial charge in [0, 0.05) is 5.56 Å². The lowest BCUT2D eigenvalue weighted by molar-refractivity contribution is -0.147. The molecule has 0 unspecified atom stereocenters. The zero-order chi connectivity index (χ0) is 18.2. The van der Waals surface area contributed by atoms with Crippen LogP contribution in [0.2, 0.25) is 0 Å². The summed E-state index contributed by atoms with van der Waals surface area (Å²) in [6, 6.07) is 0. The fourth-order valence-corrected chi connectivity index (χ4v) is 3.09. The first kappa shape index (κ1) is 18.5. The number of carbonyl (C=O) groups excluding carboxylic acids is 1. The largest absolute Gasteiger partial charge is 0.460 e. The topological polar surface area (TPSA) is 26.3 Å². The first-order chi connectivity index (χ1) is 11.2. The molecule has 0 spiro atoms. The fourth-order valence-electron chi connectivity index (χ4n) is 3.09. The second-order valence-electron chi connectivity index (χ2n) is 6.52. The number of hydrogen-bond acceptors (Lipinski definition) is 2. The Hall–Kier alpha value is -1.85. The van der Waals surface area contributed by atoms with Gasteiger partial charge < -0.3 is 4.74 Å². The summed E-state index contributed by atoms with van der Waals surface area (Å²) in [6.07, 6.45) is 3.49. The van der Waals surface area contributed by atoms with E-state index in [1.54, 1.807) is 0 Å². The third-order valence-corrected chi connectivity index (χ3v) is 4.72. The van der Waals surface area contributed by atoms with Crippen molar-refractivity contribution in [2.45, 2.75) is 40.7 Å². The van der Waals surface area contributed by atoms with E-state index in [9.17, 15) is 22.4 Å². The molecule has 2 nitrogen and oxygen atoms in total. The van der Waals surface area contributed by atoms with Crippen LogP contribution in [0.25, 0.3) is 0 Å². The van der Waals surface area contributed by atoms with Crippen molar-refractivity contribution >= 4 is 5.97 Å². The number of benzene rings is 1. The number of halogens is 4. The van der Waals surface area contributed by atoms with E-state index in [1.165, 1.54) is 6.92 Å². The molecule has 0 amide bonds. The SMILES string of the molecule is C/C=C\[C@@H]1[C@@H](C(=O)OCc2c(F)c(F)c(CC)c(F)c2F)C1(C)C. The van der Waals surface area contributed by atoms with Crippen LogP contribution in [0.1, 0.15) is 38.8 Å². The monoisotopic (exact) mass is 344 g/mol. The molecule has 1 fully saturated rings. The van der Waals surface area contributed by atoms with E-state index < -0.39 is 52.9 Å². The number of allylic oxidation sites excluding steroid dienone is 2. The summed E-state index contributed by atoms with van der Waals surface area (Å²) < 4.78 is 60.3. The molecule has 0 aliphatic heterocycles. The number of esters is 1. The van der Waals surface area contributed by atoms with Crippen molar-refractivity contribution in [3.63, 3.8) is 0 Å². The first-order valence-corrected chi connectivity index (χ1v) is 7.81. The zero-order valence-electron chi connectivity index (χ0n) is 14.1. The predicted molar refractivity (Wildman–Crippen MR) is 81.0 cm³/mol. The molecule has 0 saturated heterocycles. The summed E-state index contributed by atoms with van der Waals surface area (Å²) >= 11 is 0. The molecule has 0 bridgehead atoms. The second-order valence-corrected chi connectivity index (χ2v) is 6.52. The van der Waals surface area contributed by atoms with Gasteiger partial charge in [0.15, 0.2) is 23.3 Å². The standard InChI is InChI=1S/C18H20F4O2/c1-5-7-11-12(18(11,3)4)17(23)24-8-10-15(21)13(19)9(6-2)14(20)16(10)22/h5,7,11-12H,6,8H2,1-4H3/b7-5-/t11-,12+/m1/s1. The van der Waals surface area contributed by atoms with E-state index in [1.807, 2.05) is 32.9 Å². The third kappa shape index (κ3) is 2.94. The van der Waals surface area contributed by atoms with Gasteiger partial charge in [0.2, 0.25) is 0 Å². The van der Waals surface area contributed by atoms with E-state index in [4.69, 9.17) is 4.74 Å². The van der Waals surface area contributed by atoms with Crippen LogP contribution in [0.4, 0.5) is 17.6 Å². The molecule has 0 aromatic heterocycles. The van der Waals surface area contributed by atoms with Crippen LogP contribution < -0.4 is 0 Å². The minimum Gasteiger partial charge on any atom is -0.460 e. The highest BCUT2D eigenvalue weighted by molar-refractivity contribution is 5.78. The Morgan fingerprint density at radius 2 is 1.58 bits per heavy atom. The Bertz CT molecular complexity index is 666. The molecule has 24 heavy (non-hydrogen) atoms. The Labute approximate surface area is 138 Å². The van der Waals surface area contributed by atoms with Crippen LogP contribution >= 0.6 is 0 Å². The minimum atomic E-state index is -1.52. The summed E-state index contributed by atoms with van der Waals surface area (Å²) in [7, 11) is 0. The van der Waals surface area contributed by atoms with Crippen molar-refractivity contribution in [1.82, 2.24) is 0 Å². The van der Waals surface area contributed by atoms with Crippen molar-refractivity contribution in [2.24, 2.45) is 17.3 Å². The van der Waals surface area contributed by atoms with E-state index >= 15 is 0 Å². The maximum absolute atomic E-state index is 13.9. The molecule has 1 aliphatic carbocycles. The van der Waals surface area contributed by atoms with Gasteiger partial charge in [-0.1, -0.05) is 32.9 Å². The smallest absolute Gasteiger partial charge is 0.310 e. The lowest BCUT2D eigenvalue weighted by Gasteiger charge is -2.12. The van der Waals surface area contributed by atoms with Crippen LogP contribution in [0, 0.1) is 40.5 Å². The van der Waals surface area contributed by atoms with Gasteiger partial charge in [-0.05, 0) is 24.7 Å². The predicted octanol–water partition coefficient (Wildman–Crippen LogP) is 4.70. The van der Waals surface area contributed by atoms with Gasteiger partial charge in [-0.2, -0.15) is 0 Å². The number of rotatable bonds is 5. The Kier molecular flexibility index (Phi) is 5.06. The highest BCUT2D eigenvalue weighted by Crippen LogP contribution is 2.59. The van der Waals surface area contributed by atoms with Crippen LogP contribution in [0.5, 0.6) is 0 Å². The lowest BCUT2D eigenvalue weighted by atomic mass is 10.1. The van der Waals surface area contributed by atoms with Crippen molar-refractivity contribution in [3.05, 3.63) is 46.5 Å². The maximum Gasteiger partial charge on any atom is 0.310 e. The van der Waals surface area contributed by atoms with Gasteiger partial charge in [0.25, 0.3) is 0 Å². The van der Waals surface area contributed by atoms with Crippen molar-refractivity contribution in [3.8, 4) is 0 Å². The van der Waals surface area contributed by atoms with E-state index in [0.29, 0.717) is 0 Å². The van der Waals surface area contributed by atoms with Gasteiger partial charge in [-0.3, -0.25) is 4.79 Å². The molecule has 6 heteroatoms. The molecular formula is C18H20F4O2. The molecule has 1 saturated carbocycles. The molecule has 2 rings (SSSR count). The number of hydrogen-bond donors (Lipinski definition) is 0. The molecule has 0 heterocycles. The van der Waals surface area contributed by atoms with Crippen LogP contribution in [-0.2, 0) is 22.6 Å². The third-order valence-electron chi connectivity index (χ3n) is 4.72. The zero-order valence-corrected chi connectivity index (χ0v) is 14.1. The summed E-state index contributed by atoms with van der Waals surface area (Å²) in [5.41, 5.74) is -1.88. The summed E-state index contributed by atoms with van der Waals surface area (Å²) in [6.45, 7) is 6.11. The Morgan fingerprint density at radius 3 is 2.04 bits per heavy atom. The fraction of sp³-hybridized carbons (Fsp3) is 0.500. The second kappa shape index (κ2) is 6.57. The maximum atomic E-state index is 13.9. The van der Waals surface area contributed by atoms with Gasteiger partial charge in [-0.25, -0.2) is 17.6 Å². The molecule has 1 aromatic rings. The molecule has 0 N–H and O–H groups in total. The molecule has 2 atom stereocenters. The van der Waals surface area contributed by atoms with Crippen molar-refractivity contribution < 1.29 is 27.1 Å². The van der Waals surface area contributed by atoms with Crippen molar-refractivity contribution in [1.29, 1.82) is 0 Å². The summed E-state index contributed by atoms with van der Waals surface area (Å²) in [5, 5.41) is 0. The minimum absolute atomic E-state index is 0.0272. The van der Waals surface area contributed by atoms with Gasteiger partial charge in [-0.15, -0.1) is 0 Å². The summed E-state index contributed by atoms with van der Waals surface area (Å²) in [4.78, 5) is 12.1. The highest BCUT2D eigenvalue weighted by atomic mass is 19.2. The molecular weight excluding hydrogens is 324 g/mol. The van der Waals surface area contributed by atoms with Gasteiger partial charge in [0.05, 0.1) is 11.5 Å². The Balaban J connectivity index is 2.18. The average molecular weight is 344 g/mol.